The summed E-state index contributed by atoms with van der Waals surface area (Å²) in [6, 6.07) is 11.3. The number of hydrogen-bond acceptors (Lipinski definition) is 0. The molecule has 0 aromatic heterocycles. The first kappa shape index (κ1) is 14.6. The Bertz CT molecular complexity index is 593. The summed E-state index contributed by atoms with van der Waals surface area (Å²) in [5, 5.41) is 0. The van der Waals surface area contributed by atoms with Crippen LogP contribution in [0, 0.1) is 6.92 Å². The van der Waals surface area contributed by atoms with E-state index in [1.165, 1.54) is 17.7 Å². The van der Waals surface area contributed by atoms with Gasteiger partial charge in [0.2, 0.25) is 0 Å². The predicted molar refractivity (Wildman–Crippen MR) is 75.7 cm³/mol. The van der Waals surface area contributed by atoms with E-state index in [4.69, 9.17) is 0 Å². The fraction of sp³-hybridized carbons (Fsp3) is 0.294. The molecule has 0 saturated carbocycles. The second-order valence-electron chi connectivity index (χ2n) is 5.25. The normalized spacial score (nSPS) is 11.9. The van der Waals surface area contributed by atoms with Crippen LogP contribution in [-0.4, -0.2) is 0 Å². The van der Waals surface area contributed by atoms with E-state index in [-0.39, 0.29) is 0 Å². The highest BCUT2D eigenvalue weighted by Crippen LogP contribution is 2.33. The van der Waals surface area contributed by atoms with Gasteiger partial charge in [-0.05, 0) is 47.2 Å². The Morgan fingerprint density at radius 1 is 0.900 bits per heavy atom. The van der Waals surface area contributed by atoms with E-state index in [2.05, 4.69) is 19.9 Å². The number of hydrogen-bond donors (Lipinski definition) is 0. The Balaban J connectivity index is 2.45. The molecule has 0 amide bonds. The van der Waals surface area contributed by atoms with Crippen LogP contribution in [0.4, 0.5) is 13.2 Å². The Hall–Kier alpha value is -1.77. The predicted octanol–water partition coefficient (Wildman–Crippen LogP) is 5.80. The zero-order chi connectivity index (χ0) is 14.9. The van der Waals surface area contributed by atoms with Gasteiger partial charge >= 0.3 is 6.18 Å². The van der Waals surface area contributed by atoms with E-state index in [9.17, 15) is 13.2 Å². The van der Waals surface area contributed by atoms with E-state index in [0.717, 1.165) is 28.8 Å². The topological polar surface area (TPSA) is 0 Å². The summed E-state index contributed by atoms with van der Waals surface area (Å²) >= 11 is 0. The minimum Gasteiger partial charge on any atom is -0.166 e. The summed E-state index contributed by atoms with van der Waals surface area (Å²) in [7, 11) is 0. The van der Waals surface area contributed by atoms with Crippen LogP contribution in [0.25, 0.3) is 11.1 Å². The van der Waals surface area contributed by atoms with Gasteiger partial charge in [0.05, 0.1) is 5.56 Å². The largest absolute Gasteiger partial charge is 0.416 e. The Labute approximate surface area is 117 Å². The average Bonchev–Trinajstić information content (AvgIpc) is 2.38. The first-order valence-electron chi connectivity index (χ1n) is 6.58. The van der Waals surface area contributed by atoms with Crippen molar-refractivity contribution in [2.45, 2.75) is 32.9 Å². The highest BCUT2D eigenvalue weighted by Gasteiger charge is 2.30. The smallest absolute Gasteiger partial charge is 0.166 e. The molecule has 0 spiro atoms. The zero-order valence-corrected chi connectivity index (χ0v) is 11.8. The van der Waals surface area contributed by atoms with Crippen molar-refractivity contribution in [2.24, 2.45) is 0 Å². The summed E-state index contributed by atoms with van der Waals surface area (Å²) in [4.78, 5) is 0. The molecule has 2 aromatic carbocycles. The summed E-state index contributed by atoms with van der Waals surface area (Å²) in [5.41, 5.74) is 3.55. The van der Waals surface area contributed by atoms with Crippen molar-refractivity contribution in [1.29, 1.82) is 0 Å². The molecular formula is C17H17F3. The van der Waals surface area contributed by atoms with Crippen LogP contribution in [0.2, 0.25) is 0 Å². The minimum atomic E-state index is -4.28. The Kier molecular flexibility index (Phi) is 3.89. The lowest BCUT2D eigenvalue weighted by atomic mass is 9.91. The van der Waals surface area contributed by atoms with Gasteiger partial charge < -0.3 is 0 Å². The fourth-order valence-electron chi connectivity index (χ4n) is 2.43. The highest BCUT2D eigenvalue weighted by molar-refractivity contribution is 5.69. The summed E-state index contributed by atoms with van der Waals surface area (Å²) in [6.07, 6.45) is -4.28. The zero-order valence-electron chi connectivity index (χ0n) is 11.8. The van der Waals surface area contributed by atoms with Gasteiger partial charge in [-0.25, -0.2) is 0 Å². The van der Waals surface area contributed by atoms with Crippen LogP contribution in [0.3, 0.4) is 0 Å². The molecule has 0 N–H and O–H groups in total. The van der Waals surface area contributed by atoms with Crippen LogP contribution < -0.4 is 0 Å². The van der Waals surface area contributed by atoms with Crippen LogP contribution >= 0.6 is 0 Å². The minimum absolute atomic E-state index is 0.393. The number of benzene rings is 2. The number of halogens is 3. The lowest BCUT2D eigenvalue weighted by Gasteiger charge is -2.15. The molecule has 2 rings (SSSR count). The van der Waals surface area contributed by atoms with E-state index in [1.54, 1.807) is 0 Å². The second kappa shape index (κ2) is 5.31. The maximum absolute atomic E-state index is 12.6. The van der Waals surface area contributed by atoms with Crippen molar-refractivity contribution < 1.29 is 13.2 Å². The third kappa shape index (κ3) is 2.87. The summed E-state index contributed by atoms with van der Waals surface area (Å²) < 4.78 is 37.7. The van der Waals surface area contributed by atoms with Crippen molar-refractivity contribution in [3.8, 4) is 11.1 Å². The van der Waals surface area contributed by atoms with Gasteiger partial charge in [0.15, 0.2) is 0 Å². The maximum Gasteiger partial charge on any atom is 0.416 e. The summed E-state index contributed by atoms with van der Waals surface area (Å²) in [6.45, 7) is 6.24. The molecule has 0 nitrogen and oxygen atoms in total. The molecule has 0 atom stereocenters. The van der Waals surface area contributed by atoms with Crippen LogP contribution in [0.5, 0.6) is 0 Å². The van der Waals surface area contributed by atoms with Crippen molar-refractivity contribution in [3.63, 3.8) is 0 Å². The van der Waals surface area contributed by atoms with Gasteiger partial charge in [-0.15, -0.1) is 0 Å². The van der Waals surface area contributed by atoms with E-state index in [0.29, 0.717) is 5.92 Å². The molecule has 106 valence electrons. The SMILES string of the molecule is Cc1c(-c2ccc(C(F)(F)F)cc2)cccc1C(C)C. The molecule has 0 unspecified atom stereocenters. The fourth-order valence-corrected chi connectivity index (χ4v) is 2.43. The average molecular weight is 278 g/mol. The monoisotopic (exact) mass is 278 g/mol. The standard InChI is InChI=1S/C17H17F3/c1-11(2)15-5-4-6-16(12(15)3)13-7-9-14(10-8-13)17(18,19)20/h4-11H,1-3H3. The molecule has 3 heteroatoms. The molecule has 0 aliphatic heterocycles. The van der Waals surface area contributed by atoms with Crippen LogP contribution in [-0.2, 0) is 6.18 Å². The lowest BCUT2D eigenvalue weighted by Crippen LogP contribution is -2.04. The maximum atomic E-state index is 12.6. The third-order valence-electron chi connectivity index (χ3n) is 3.52. The van der Waals surface area contributed by atoms with Gasteiger partial charge in [0.25, 0.3) is 0 Å². The molecular weight excluding hydrogens is 261 g/mol. The first-order chi connectivity index (χ1) is 9.30. The highest BCUT2D eigenvalue weighted by atomic mass is 19.4. The van der Waals surface area contributed by atoms with Crippen molar-refractivity contribution in [3.05, 3.63) is 59.2 Å². The molecule has 0 aliphatic rings. The Morgan fingerprint density at radius 3 is 2.00 bits per heavy atom. The molecule has 0 bridgehead atoms. The van der Waals surface area contributed by atoms with E-state index in [1.807, 2.05) is 19.1 Å². The first-order valence-corrected chi connectivity index (χ1v) is 6.58. The van der Waals surface area contributed by atoms with Gasteiger partial charge in [0.1, 0.15) is 0 Å². The van der Waals surface area contributed by atoms with Crippen LogP contribution in [0.1, 0.15) is 36.5 Å². The van der Waals surface area contributed by atoms with Gasteiger partial charge in [-0.2, -0.15) is 13.2 Å². The quantitative estimate of drug-likeness (QED) is 0.650. The van der Waals surface area contributed by atoms with E-state index < -0.39 is 11.7 Å². The van der Waals surface area contributed by atoms with Gasteiger partial charge in [-0.1, -0.05) is 44.2 Å². The van der Waals surface area contributed by atoms with Gasteiger partial charge in [0, 0.05) is 0 Å². The van der Waals surface area contributed by atoms with Gasteiger partial charge in [-0.3, -0.25) is 0 Å². The third-order valence-corrected chi connectivity index (χ3v) is 3.52. The van der Waals surface area contributed by atoms with E-state index >= 15 is 0 Å². The number of alkyl halides is 3. The molecule has 20 heavy (non-hydrogen) atoms. The molecule has 0 fully saturated rings. The molecule has 0 radical (unpaired) electrons. The Morgan fingerprint density at radius 2 is 1.50 bits per heavy atom. The van der Waals surface area contributed by atoms with Crippen molar-refractivity contribution in [1.82, 2.24) is 0 Å². The molecule has 0 heterocycles. The van der Waals surface area contributed by atoms with Crippen LogP contribution in [0.15, 0.2) is 42.5 Å². The lowest BCUT2D eigenvalue weighted by molar-refractivity contribution is -0.137. The molecule has 2 aromatic rings. The molecule has 0 aliphatic carbocycles. The van der Waals surface area contributed by atoms with Crippen molar-refractivity contribution >= 4 is 0 Å². The second-order valence-corrected chi connectivity index (χ2v) is 5.25. The molecule has 0 saturated heterocycles. The summed E-state index contributed by atoms with van der Waals surface area (Å²) in [5.74, 6) is 0.393. The number of rotatable bonds is 2. The van der Waals surface area contributed by atoms with Crippen molar-refractivity contribution in [2.75, 3.05) is 0 Å².